The standard InChI is InChI=1S/C11H12N4O2S/c1-6-4-5-8(10(16)17)9(12-6)18-11-14-13-7(2)15(11)3/h4-5H,1-3H3,(H,16,17). The maximum absolute atomic E-state index is 11.1. The maximum Gasteiger partial charge on any atom is 0.338 e. The van der Waals surface area contributed by atoms with E-state index in [1.54, 1.807) is 16.7 Å². The van der Waals surface area contributed by atoms with E-state index < -0.39 is 5.97 Å². The number of carboxylic acid groups (broad SMARTS) is 1. The van der Waals surface area contributed by atoms with Crippen molar-refractivity contribution in [1.29, 1.82) is 0 Å². The van der Waals surface area contributed by atoms with E-state index in [9.17, 15) is 4.79 Å². The first-order valence-electron chi connectivity index (χ1n) is 5.24. The van der Waals surface area contributed by atoms with Gasteiger partial charge < -0.3 is 9.67 Å². The van der Waals surface area contributed by atoms with E-state index in [2.05, 4.69) is 15.2 Å². The summed E-state index contributed by atoms with van der Waals surface area (Å²) in [6.45, 7) is 3.65. The Morgan fingerprint density at radius 3 is 2.61 bits per heavy atom. The summed E-state index contributed by atoms with van der Waals surface area (Å²) < 4.78 is 1.79. The summed E-state index contributed by atoms with van der Waals surface area (Å²) in [6, 6.07) is 3.23. The van der Waals surface area contributed by atoms with Crippen LogP contribution in [0.4, 0.5) is 0 Å². The predicted molar refractivity (Wildman–Crippen MR) is 65.8 cm³/mol. The van der Waals surface area contributed by atoms with Gasteiger partial charge in [-0.2, -0.15) is 0 Å². The highest BCUT2D eigenvalue weighted by atomic mass is 32.2. The van der Waals surface area contributed by atoms with Crippen LogP contribution in [0.1, 0.15) is 21.9 Å². The van der Waals surface area contributed by atoms with Gasteiger partial charge in [-0.25, -0.2) is 9.78 Å². The smallest absolute Gasteiger partial charge is 0.338 e. The average molecular weight is 264 g/mol. The van der Waals surface area contributed by atoms with Crippen molar-refractivity contribution in [3.63, 3.8) is 0 Å². The Balaban J connectivity index is 2.42. The van der Waals surface area contributed by atoms with Crippen LogP contribution in [0.5, 0.6) is 0 Å². The molecule has 0 fully saturated rings. The summed E-state index contributed by atoms with van der Waals surface area (Å²) in [5, 5.41) is 18.1. The van der Waals surface area contributed by atoms with Crippen LogP contribution in [-0.2, 0) is 7.05 Å². The van der Waals surface area contributed by atoms with Gasteiger partial charge in [-0.05, 0) is 37.7 Å². The van der Waals surface area contributed by atoms with Crippen LogP contribution in [-0.4, -0.2) is 30.8 Å². The van der Waals surface area contributed by atoms with Crippen molar-refractivity contribution in [2.75, 3.05) is 0 Å². The SMILES string of the molecule is Cc1ccc(C(=O)O)c(Sc2nnc(C)n2C)n1. The lowest BCUT2D eigenvalue weighted by Crippen LogP contribution is -2.02. The van der Waals surface area contributed by atoms with Crippen molar-refractivity contribution in [3.05, 3.63) is 29.2 Å². The predicted octanol–water partition coefficient (Wildman–Crippen LogP) is 1.68. The van der Waals surface area contributed by atoms with Gasteiger partial charge in [-0.15, -0.1) is 10.2 Å². The number of hydrogen-bond acceptors (Lipinski definition) is 5. The third-order valence-electron chi connectivity index (χ3n) is 2.47. The fourth-order valence-electron chi connectivity index (χ4n) is 1.34. The first kappa shape index (κ1) is 12.6. The highest BCUT2D eigenvalue weighted by Gasteiger charge is 2.16. The molecule has 2 rings (SSSR count). The molecule has 0 spiro atoms. The minimum absolute atomic E-state index is 0.172. The number of carbonyl (C=O) groups is 1. The van der Waals surface area contributed by atoms with Crippen LogP contribution < -0.4 is 0 Å². The number of carboxylic acids is 1. The minimum Gasteiger partial charge on any atom is -0.478 e. The van der Waals surface area contributed by atoms with Crippen LogP contribution in [0.2, 0.25) is 0 Å². The summed E-state index contributed by atoms with van der Waals surface area (Å²) in [7, 11) is 1.83. The largest absolute Gasteiger partial charge is 0.478 e. The van der Waals surface area contributed by atoms with Crippen LogP contribution in [0, 0.1) is 13.8 Å². The molecule has 1 N–H and O–H groups in total. The van der Waals surface area contributed by atoms with Crippen LogP contribution in [0.15, 0.2) is 22.3 Å². The fourth-order valence-corrected chi connectivity index (χ4v) is 2.32. The van der Waals surface area contributed by atoms with Crippen molar-refractivity contribution in [1.82, 2.24) is 19.7 Å². The Morgan fingerprint density at radius 2 is 2.06 bits per heavy atom. The van der Waals surface area contributed by atoms with Gasteiger partial charge in [0.25, 0.3) is 0 Å². The van der Waals surface area contributed by atoms with E-state index in [0.29, 0.717) is 10.2 Å². The summed E-state index contributed by atoms with van der Waals surface area (Å²) in [6.07, 6.45) is 0. The molecule has 0 bridgehead atoms. The van der Waals surface area contributed by atoms with Crippen LogP contribution >= 0.6 is 11.8 Å². The van der Waals surface area contributed by atoms with Crippen molar-refractivity contribution in [2.24, 2.45) is 7.05 Å². The average Bonchev–Trinajstić information content (AvgIpc) is 2.61. The second-order valence-electron chi connectivity index (χ2n) is 3.80. The number of nitrogens with zero attached hydrogens (tertiary/aromatic N) is 4. The lowest BCUT2D eigenvalue weighted by Gasteiger charge is -2.05. The monoisotopic (exact) mass is 264 g/mol. The quantitative estimate of drug-likeness (QED) is 0.908. The van der Waals surface area contributed by atoms with Crippen molar-refractivity contribution in [2.45, 2.75) is 24.0 Å². The van der Waals surface area contributed by atoms with E-state index >= 15 is 0 Å². The van der Waals surface area contributed by atoms with Gasteiger partial charge in [0.05, 0.1) is 5.56 Å². The molecule has 0 saturated carbocycles. The first-order valence-corrected chi connectivity index (χ1v) is 6.05. The van der Waals surface area contributed by atoms with Crippen LogP contribution in [0.3, 0.4) is 0 Å². The van der Waals surface area contributed by atoms with Gasteiger partial charge in [0.2, 0.25) is 0 Å². The Kier molecular flexibility index (Phi) is 3.33. The van der Waals surface area contributed by atoms with Crippen LogP contribution in [0.25, 0.3) is 0 Å². The number of aryl methyl sites for hydroxylation is 2. The summed E-state index contributed by atoms with van der Waals surface area (Å²) in [4.78, 5) is 15.4. The van der Waals surface area contributed by atoms with E-state index in [4.69, 9.17) is 5.11 Å². The van der Waals surface area contributed by atoms with Crippen molar-refractivity contribution >= 4 is 17.7 Å². The molecule has 2 heterocycles. The summed E-state index contributed by atoms with van der Waals surface area (Å²) in [5.41, 5.74) is 0.938. The van der Waals surface area contributed by atoms with Gasteiger partial charge >= 0.3 is 5.97 Å². The zero-order valence-corrected chi connectivity index (χ0v) is 11.0. The van der Waals surface area contributed by atoms with Gasteiger partial charge in [-0.3, -0.25) is 0 Å². The molecular formula is C11H12N4O2S. The molecule has 0 radical (unpaired) electrons. The normalized spacial score (nSPS) is 10.6. The molecule has 0 unspecified atom stereocenters. The Bertz CT molecular complexity index is 609. The molecular weight excluding hydrogens is 252 g/mol. The molecule has 7 heteroatoms. The number of aromatic nitrogens is 4. The third kappa shape index (κ3) is 2.35. The minimum atomic E-state index is -0.996. The molecule has 6 nitrogen and oxygen atoms in total. The van der Waals surface area contributed by atoms with Gasteiger partial charge in [-0.1, -0.05) is 0 Å². The molecule has 2 aromatic heterocycles. The summed E-state index contributed by atoms with van der Waals surface area (Å²) in [5.74, 6) is -0.231. The molecule has 0 aliphatic carbocycles. The lowest BCUT2D eigenvalue weighted by atomic mass is 10.2. The first-order chi connectivity index (χ1) is 8.49. The molecule has 0 aromatic carbocycles. The van der Waals surface area contributed by atoms with Gasteiger partial charge in [0.1, 0.15) is 10.9 Å². The number of hydrogen-bond donors (Lipinski definition) is 1. The van der Waals surface area contributed by atoms with E-state index in [-0.39, 0.29) is 5.56 Å². The van der Waals surface area contributed by atoms with Crippen molar-refractivity contribution < 1.29 is 9.90 Å². The Hall–Kier alpha value is -1.89. The highest BCUT2D eigenvalue weighted by molar-refractivity contribution is 7.99. The number of rotatable bonds is 3. The number of pyridine rings is 1. The second kappa shape index (κ2) is 4.77. The molecule has 0 aliphatic heterocycles. The topological polar surface area (TPSA) is 80.9 Å². The third-order valence-corrected chi connectivity index (χ3v) is 3.51. The zero-order chi connectivity index (χ0) is 13.3. The van der Waals surface area contributed by atoms with E-state index in [0.717, 1.165) is 11.5 Å². The van der Waals surface area contributed by atoms with E-state index in [1.165, 1.54) is 11.8 Å². The van der Waals surface area contributed by atoms with E-state index in [1.807, 2.05) is 20.9 Å². The maximum atomic E-state index is 11.1. The molecule has 18 heavy (non-hydrogen) atoms. The molecule has 0 atom stereocenters. The van der Waals surface area contributed by atoms with Crippen molar-refractivity contribution in [3.8, 4) is 0 Å². The van der Waals surface area contributed by atoms with Gasteiger partial charge in [0, 0.05) is 12.7 Å². The zero-order valence-electron chi connectivity index (χ0n) is 10.2. The highest BCUT2D eigenvalue weighted by Crippen LogP contribution is 2.27. The molecule has 0 saturated heterocycles. The Morgan fingerprint density at radius 1 is 1.33 bits per heavy atom. The summed E-state index contributed by atoms with van der Waals surface area (Å²) >= 11 is 1.20. The van der Waals surface area contributed by atoms with Gasteiger partial charge in [0.15, 0.2) is 5.16 Å². The molecule has 0 amide bonds. The fraction of sp³-hybridized carbons (Fsp3) is 0.273. The second-order valence-corrected chi connectivity index (χ2v) is 4.76. The molecule has 2 aromatic rings. The Labute approximate surface area is 108 Å². The molecule has 94 valence electrons. The lowest BCUT2D eigenvalue weighted by molar-refractivity contribution is 0.0692. The molecule has 0 aliphatic rings. The number of aromatic carboxylic acids is 1.